The molecule has 2 aromatic rings. The van der Waals surface area contributed by atoms with E-state index in [9.17, 15) is 8.42 Å². The Labute approximate surface area is 157 Å². The minimum atomic E-state index is -3.26. The Kier molecular flexibility index (Phi) is 6.72. The maximum absolute atomic E-state index is 11.5. The van der Waals surface area contributed by atoms with Gasteiger partial charge in [0, 0.05) is 19.4 Å². The summed E-state index contributed by atoms with van der Waals surface area (Å²) in [4.78, 5) is 4.40. The number of nitrogens with zero attached hydrogens (tertiary/aromatic N) is 1. The van der Waals surface area contributed by atoms with E-state index >= 15 is 0 Å². The zero-order chi connectivity index (χ0) is 19.2. The van der Waals surface area contributed by atoms with Crippen molar-refractivity contribution in [1.29, 1.82) is 0 Å². The predicted molar refractivity (Wildman–Crippen MR) is 102 cm³/mol. The van der Waals surface area contributed by atoms with Gasteiger partial charge in [0.05, 0.1) is 17.7 Å². The number of sulfone groups is 1. The van der Waals surface area contributed by atoms with Gasteiger partial charge in [0.15, 0.2) is 26.5 Å². The van der Waals surface area contributed by atoms with E-state index in [4.69, 9.17) is 32.2 Å². The number of aromatic nitrogens is 1. The first kappa shape index (κ1) is 19.9. The molecule has 0 saturated carbocycles. The Morgan fingerprint density at radius 3 is 2.50 bits per heavy atom. The Bertz CT molecular complexity index is 870. The van der Waals surface area contributed by atoms with E-state index in [0.29, 0.717) is 36.3 Å². The van der Waals surface area contributed by atoms with E-state index in [2.05, 4.69) is 10.3 Å². The molecule has 0 aliphatic rings. The second kappa shape index (κ2) is 8.79. The lowest BCUT2D eigenvalue weighted by Crippen LogP contribution is -2.20. The van der Waals surface area contributed by atoms with Gasteiger partial charge in [-0.3, -0.25) is 0 Å². The number of ether oxygens (including phenoxy) is 3. The molecule has 0 aliphatic carbocycles. The van der Waals surface area contributed by atoms with Crippen LogP contribution in [0.1, 0.15) is 0 Å². The summed E-state index contributed by atoms with van der Waals surface area (Å²) in [5, 5.41) is 2.78. The van der Waals surface area contributed by atoms with Crippen molar-refractivity contribution in [2.24, 2.45) is 5.73 Å². The van der Waals surface area contributed by atoms with Crippen molar-refractivity contribution in [3.63, 3.8) is 0 Å². The second-order valence-electron chi connectivity index (χ2n) is 5.19. The van der Waals surface area contributed by atoms with Crippen molar-refractivity contribution in [3.8, 4) is 17.2 Å². The highest BCUT2D eigenvalue weighted by atomic mass is 32.2. The topological polar surface area (TPSA) is 113 Å². The van der Waals surface area contributed by atoms with Crippen molar-refractivity contribution in [3.05, 3.63) is 36.5 Å². The first-order valence-corrected chi connectivity index (χ1v) is 9.76. The molecule has 140 valence electrons. The molecule has 0 unspecified atom stereocenters. The summed E-state index contributed by atoms with van der Waals surface area (Å²) >= 11 is 4.82. The van der Waals surface area contributed by atoms with Crippen molar-refractivity contribution in [2.45, 2.75) is 4.90 Å². The molecule has 1 aromatic carbocycles. The lowest BCUT2D eigenvalue weighted by atomic mass is 10.3. The van der Waals surface area contributed by atoms with Gasteiger partial charge in [-0.2, -0.15) is 0 Å². The van der Waals surface area contributed by atoms with Crippen molar-refractivity contribution in [1.82, 2.24) is 4.98 Å². The van der Waals surface area contributed by atoms with E-state index in [1.54, 1.807) is 25.3 Å². The fourth-order valence-electron chi connectivity index (χ4n) is 1.93. The van der Waals surface area contributed by atoms with E-state index < -0.39 is 9.84 Å². The van der Waals surface area contributed by atoms with E-state index in [1.165, 1.54) is 18.3 Å². The summed E-state index contributed by atoms with van der Waals surface area (Å²) in [5.74, 6) is 1.60. The van der Waals surface area contributed by atoms with Gasteiger partial charge in [-0.15, -0.1) is 0 Å². The molecular formula is C16H19N3O5S2. The molecule has 0 atom stereocenters. The van der Waals surface area contributed by atoms with Crippen molar-refractivity contribution < 1.29 is 22.6 Å². The maximum atomic E-state index is 11.5. The van der Waals surface area contributed by atoms with E-state index in [0.717, 1.165) is 6.26 Å². The van der Waals surface area contributed by atoms with E-state index in [1.807, 2.05) is 0 Å². The Balaban J connectivity index is 2.20. The fourth-order valence-corrected chi connectivity index (χ4v) is 2.66. The maximum Gasteiger partial charge on any atom is 0.175 e. The molecule has 0 spiro atoms. The molecular weight excluding hydrogens is 378 g/mol. The lowest BCUT2D eigenvalue weighted by Gasteiger charge is -2.13. The number of hydrogen-bond acceptors (Lipinski definition) is 7. The molecule has 8 nitrogen and oxygen atoms in total. The Morgan fingerprint density at radius 1 is 1.23 bits per heavy atom. The van der Waals surface area contributed by atoms with Crippen LogP contribution in [0.5, 0.6) is 17.2 Å². The quantitative estimate of drug-likeness (QED) is 0.510. The molecule has 1 aromatic heterocycles. The number of pyridine rings is 1. The third-order valence-corrected chi connectivity index (χ3v) is 4.33. The average molecular weight is 397 g/mol. The van der Waals surface area contributed by atoms with Crippen LogP contribution in [0.2, 0.25) is 0 Å². The van der Waals surface area contributed by atoms with Crippen LogP contribution in [-0.4, -0.2) is 45.1 Å². The third-order valence-electron chi connectivity index (χ3n) is 3.10. The molecule has 26 heavy (non-hydrogen) atoms. The number of nitrogens with two attached hydrogens (primary N) is 1. The minimum Gasteiger partial charge on any atom is -0.487 e. The highest BCUT2D eigenvalue weighted by molar-refractivity contribution is 7.90. The predicted octanol–water partition coefficient (Wildman–Crippen LogP) is 1.96. The van der Waals surface area contributed by atoms with Crippen LogP contribution < -0.4 is 20.5 Å². The van der Waals surface area contributed by atoms with Gasteiger partial charge in [0.25, 0.3) is 0 Å². The fraction of sp³-hybridized carbons (Fsp3) is 0.250. The van der Waals surface area contributed by atoms with Gasteiger partial charge in [-0.05, 0) is 36.5 Å². The molecule has 0 radical (unpaired) electrons. The molecule has 3 N–H and O–H groups in total. The van der Waals surface area contributed by atoms with Crippen LogP contribution >= 0.6 is 12.2 Å². The van der Waals surface area contributed by atoms with Gasteiger partial charge in [-0.25, -0.2) is 13.4 Å². The summed E-state index contributed by atoms with van der Waals surface area (Å²) in [6.07, 6.45) is 2.61. The molecule has 0 amide bonds. The molecule has 0 bridgehead atoms. The van der Waals surface area contributed by atoms with Gasteiger partial charge < -0.3 is 25.3 Å². The summed E-state index contributed by atoms with van der Waals surface area (Å²) in [6.45, 7) is 0.696. The first-order chi connectivity index (χ1) is 12.3. The second-order valence-corrected chi connectivity index (χ2v) is 7.65. The number of hydrogen-bond donors (Lipinski definition) is 2. The molecule has 1 heterocycles. The van der Waals surface area contributed by atoms with Crippen LogP contribution in [0.25, 0.3) is 0 Å². The van der Waals surface area contributed by atoms with Crippen molar-refractivity contribution in [2.75, 3.05) is 31.9 Å². The standard InChI is InChI=1S/C16H19N3O5S2/c1-22-7-8-23-14-9-12(10-18-15(14)19-16(17)25)24-11-3-5-13(6-4-11)26(2,20)21/h3-6,9-10H,7-8H2,1-2H3,(H3,17,18,19,25). The third kappa shape index (κ3) is 5.83. The van der Waals surface area contributed by atoms with Crippen LogP contribution in [0.3, 0.4) is 0 Å². The number of rotatable bonds is 8. The number of nitrogens with one attached hydrogen (secondary N) is 1. The normalized spacial score (nSPS) is 11.0. The smallest absolute Gasteiger partial charge is 0.175 e. The van der Waals surface area contributed by atoms with Crippen LogP contribution in [0.15, 0.2) is 41.4 Å². The van der Waals surface area contributed by atoms with E-state index in [-0.39, 0.29) is 10.0 Å². The minimum absolute atomic E-state index is 0.0547. The summed E-state index contributed by atoms with van der Waals surface area (Å²) < 4.78 is 39.2. The van der Waals surface area contributed by atoms with Gasteiger partial charge in [0.2, 0.25) is 0 Å². The molecule has 0 saturated heterocycles. The van der Waals surface area contributed by atoms with Gasteiger partial charge >= 0.3 is 0 Å². The SMILES string of the molecule is COCCOc1cc(Oc2ccc(S(C)(=O)=O)cc2)cnc1NC(N)=S. The molecule has 10 heteroatoms. The van der Waals surface area contributed by atoms with Crippen LogP contribution in [-0.2, 0) is 14.6 Å². The highest BCUT2D eigenvalue weighted by Crippen LogP contribution is 2.30. The van der Waals surface area contributed by atoms with Gasteiger partial charge in [-0.1, -0.05) is 0 Å². The molecule has 0 aliphatic heterocycles. The zero-order valence-corrected chi connectivity index (χ0v) is 15.9. The number of thiocarbonyl (C=S) groups is 1. The zero-order valence-electron chi connectivity index (χ0n) is 14.3. The lowest BCUT2D eigenvalue weighted by molar-refractivity contribution is 0.146. The average Bonchev–Trinajstić information content (AvgIpc) is 2.56. The van der Waals surface area contributed by atoms with Crippen molar-refractivity contribution >= 4 is 33.0 Å². The molecule has 2 rings (SSSR count). The first-order valence-electron chi connectivity index (χ1n) is 7.46. The monoisotopic (exact) mass is 397 g/mol. The Morgan fingerprint density at radius 2 is 1.92 bits per heavy atom. The number of methoxy groups -OCH3 is 1. The Hall–Kier alpha value is -2.43. The van der Waals surface area contributed by atoms with Crippen LogP contribution in [0, 0.1) is 0 Å². The highest BCUT2D eigenvalue weighted by Gasteiger charge is 2.11. The summed E-state index contributed by atoms with van der Waals surface area (Å²) in [6, 6.07) is 7.67. The number of anilines is 1. The summed E-state index contributed by atoms with van der Waals surface area (Å²) in [7, 11) is -1.70. The summed E-state index contributed by atoms with van der Waals surface area (Å²) in [5.41, 5.74) is 5.48. The molecule has 0 fully saturated rings. The van der Waals surface area contributed by atoms with Gasteiger partial charge in [0.1, 0.15) is 18.1 Å². The van der Waals surface area contributed by atoms with Crippen LogP contribution in [0.4, 0.5) is 5.82 Å². The number of benzene rings is 1. The largest absolute Gasteiger partial charge is 0.487 e.